The molecule has 2 atom stereocenters. The van der Waals surface area contributed by atoms with Gasteiger partial charge in [0, 0.05) is 25.6 Å². The van der Waals surface area contributed by atoms with Gasteiger partial charge in [0.1, 0.15) is 6.04 Å². The van der Waals surface area contributed by atoms with E-state index in [0.717, 1.165) is 45.3 Å². The smallest absolute Gasteiger partial charge is 0.245 e. The van der Waals surface area contributed by atoms with Crippen LogP contribution in [0.4, 0.5) is 0 Å². The third-order valence-corrected chi connectivity index (χ3v) is 5.17. The molecule has 2 rings (SSSR count). The van der Waals surface area contributed by atoms with Gasteiger partial charge in [0.15, 0.2) is 0 Å². The Balaban J connectivity index is 1.82. The lowest BCUT2D eigenvalue weighted by molar-refractivity contribution is -0.138. The molecule has 0 aromatic rings. The highest BCUT2D eigenvalue weighted by atomic mass is 16.2. The van der Waals surface area contributed by atoms with Gasteiger partial charge < -0.3 is 15.5 Å². The van der Waals surface area contributed by atoms with Gasteiger partial charge in [0.05, 0.1) is 0 Å². The van der Waals surface area contributed by atoms with Crippen molar-refractivity contribution in [2.45, 2.75) is 77.3 Å². The molecule has 5 nitrogen and oxygen atoms in total. The second kappa shape index (κ2) is 9.26. The zero-order valence-electron chi connectivity index (χ0n) is 14.8. The maximum absolute atomic E-state index is 12.7. The lowest BCUT2D eigenvalue weighted by atomic mass is 9.87. The molecular formula is C18H33N3O2. The average Bonchev–Trinajstić information content (AvgIpc) is 3.06. The van der Waals surface area contributed by atoms with Crippen LogP contribution in [0.1, 0.15) is 65.2 Å². The van der Waals surface area contributed by atoms with Crippen LogP contribution in [0.15, 0.2) is 0 Å². The molecule has 132 valence electrons. The SMILES string of the molecule is CCCN(C(=O)C(C)NC(=O)CC1CCCCC1)C1CCNC1. The van der Waals surface area contributed by atoms with Gasteiger partial charge in [0.2, 0.25) is 11.8 Å². The summed E-state index contributed by atoms with van der Waals surface area (Å²) in [6, 6.07) is -0.140. The van der Waals surface area contributed by atoms with Crippen molar-refractivity contribution in [2.75, 3.05) is 19.6 Å². The predicted octanol–water partition coefficient (Wildman–Crippen LogP) is 2.06. The maximum atomic E-state index is 12.7. The zero-order valence-corrected chi connectivity index (χ0v) is 14.8. The molecule has 0 radical (unpaired) electrons. The van der Waals surface area contributed by atoms with Gasteiger partial charge in [-0.2, -0.15) is 0 Å². The maximum Gasteiger partial charge on any atom is 0.245 e. The molecular weight excluding hydrogens is 290 g/mol. The standard InChI is InChI=1S/C18H33N3O2/c1-3-11-21(16-9-10-19-13-16)18(23)14(2)20-17(22)12-15-7-5-4-6-8-15/h14-16,19H,3-13H2,1-2H3,(H,20,22). The second-order valence-electron chi connectivity index (χ2n) is 7.18. The average molecular weight is 323 g/mol. The van der Waals surface area contributed by atoms with E-state index in [1.165, 1.54) is 19.3 Å². The van der Waals surface area contributed by atoms with Crippen molar-refractivity contribution in [3.05, 3.63) is 0 Å². The third kappa shape index (κ3) is 5.48. The van der Waals surface area contributed by atoms with Crippen LogP contribution in [0.3, 0.4) is 0 Å². The van der Waals surface area contributed by atoms with Crippen molar-refractivity contribution < 1.29 is 9.59 Å². The summed E-state index contributed by atoms with van der Waals surface area (Å²) in [5.74, 6) is 0.619. The molecule has 2 aliphatic rings. The summed E-state index contributed by atoms with van der Waals surface area (Å²) in [6.07, 6.45) is 8.64. The molecule has 5 heteroatoms. The van der Waals surface area contributed by atoms with Crippen molar-refractivity contribution in [3.63, 3.8) is 0 Å². The highest BCUT2D eigenvalue weighted by molar-refractivity contribution is 5.87. The first-order valence-corrected chi connectivity index (χ1v) is 9.42. The molecule has 0 aromatic heterocycles. The number of carbonyl (C=O) groups excluding carboxylic acids is 2. The third-order valence-electron chi connectivity index (χ3n) is 5.17. The van der Waals surface area contributed by atoms with Crippen LogP contribution in [0.2, 0.25) is 0 Å². The van der Waals surface area contributed by atoms with Crippen molar-refractivity contribution in [3.8, 4) is 0 Å². The number of rotatable bonds is 7. The molecule has 2 amide bonds. The molecule has 1 saturated heterocycles. The van der Waals surface area contributed by atoms with E-state index >= 15 is 0 Å². The summed E-state index contributed by atoms with van der Waals surface area (Å²) < 4.78 is 0. The van der Waals surface area contributed by atoms with Gasteiger partial charge in [-0.15, -0.1) is 0 Å². The molecule has 23 heavy (non-hydrogen) atoms. The van der Waals surface area contributed by atoms with E-state index in [4.69, 9.17) is 0 Å². The monoisotopic (exact) mass is 323 g/mol. The Bertz CT molecular complexity index is 388. The topological polar surface area (TPSA) is 61.4 Å². The largest absolute Gasteiger partial charge is 0.345 e. The van der Waals surface area contributed by atoms with E-state index in [9.17, 15) is 9.59 Å². The van der Waals surface area contributed by atoms with E-state index in [1.54, 1.807) is 0 Å². The second-order valence-corrected chi connectivity index (χ2v) is 7.18. The fourth-order valence-corrected chi connectivity index (χ4v) is 3.88. The first-order chi connectivity index (χ1) is 11.1. The molecule has 0 spiro atoms. The number of hydrogen-bond donors (Lipinski definition) is 2. The van der Waals surface area contributed by atoms with E-state index in [1.807, 2.05) is 11.8 Å². The number of carbonyl (C=O) groups is 2. The summed E-state index contributed by atoms with van der Waals surface area (Å²) in [5, 5.41) is 6.26. The van der Waals surface area contributed by atoms with Crippen molar-refractivity contribution in [1.29, 1.82) is 0 Å². The van der Waals surface area contributed by atoms with Crippen molar-refractivity contribution in [1.82, 2.24) is 15.5 Å². The minimum Gasteiger partial charge on any atom is -0.345 e. The Hall–Kier alpha value is -1.10. The summed E-state index contributed by atoms with van der Waals surface area (Å²) in [6.45, 7) is 6.53. The highest BCUT2D eigenvalue weighted by Gasteiger charge is 2.29. The van der Waals surface area contributed by atoms with Crippen LogP contribution < -0.4 is 10.6 Å². The van der Waals surface area contributed by atoms with E-state index in [-0.39, 0.29) is 17.9 Å². The van der Waals surface area contributed by atoms with Gasteiger partial charge >= 0.3 is 0 Å². The molecule has 2 unspecified atom stereocenters. The fourth-order valence-electron chi connectivity index (χ4n) is 3.88. The summed E-state index contributed by atoms with van der Waals surface area (Å²) in [5.41, 5.74) is 0. The summed E-state index contributed by atoms with van der Waals surface area (Å²) in [7, 11) is 0. The molecule has 0 bridgehead atoms. The van der Waals surface area contributed by atoms with Gasteiger partial charge in [-0.05, 0) is 45.1 Å². The molecule has 1 heterocycles. The summed E-state index contributed by atoms with van der Waals surface area (Å²) >= 11 is 0. The Kier molecular flexibility index (Phi) is 7.34. The highest BCUT2D eigenvalue weighted by Crippen LogP contribution is 2.26. The first-order valence-electron chi connectivity index (χ1n) is 9.42. The van der Waals surface area contributed by atoms with Crippen LogP contribution in [-0.4, -0.2) is 48.4 Å². The number of hydrogen-bond acceptors (Lipinski definition) is 3. The van der Waals surface area contributed by atoms with Crippen LogP contribution in [0, 0.1) is 5.92 Å². The quantitative estimate of drug-likeness (QED) is 0.754. The van der Waals surface area contributed by atoms with Gasteiger partial charge in [-0.1, -0.05) is 26.2 Å². The minimum absolute atomic E-state index is 0.0405. The van der Waals surface area contributed by atoms with Crippen LogP contribution in [-0.2, 0) is 9.59 Å². The number of nitrogens with zero attached hydrogens (tertiary/aromatic N) is 1. The van der Waals surface area contributed by atoms with E-state index in [0.29, 0.717) is 12.3 Å². The summed E-state index contributed by atoms with van der Waals surface area (Å²) in [4.78, 5) is 26.9. The molecule has 2 N–H and O–H groups in total. The molecule has 0 aromatic carbocycles. The van der Waals surface area contributed by atoms with E-state index < -0.39 is 6.04 Å². The van der Waals surface area contributed by atoms with E-state index in [2.05, 4.69) is 17.6 Å². The Morgan fingerprint density at radius 1 is 1.22 bits per heavy atom. The van der Waals surface area contributed by atoms with Crippen LogP contribution in [0.25, 0.3) is 0 Å². The first kappa shape index (κ1) is 18.2. The van der Waals surface area contributed by atoms with Gasteiger partial charge in [-0.3, -0.25) is 9.59 Å². The molecule has 1 aliphatic carbocycles. The van der Waals surface area contributed by atoms with Gasteiger partial charge in [-0.25, -0.2) is 0 Å². The fraction of sp³-hybridized carbons (Fsp3) is 0.889. The number of amides is 2. The molecule has 1 saturated carbocycles. The molecule has 1 aliphatic heterocycles. The lowest BCUT2D eigenvalue weighted by Crippen LogP contribution is -2.51. The lowest BCUT2D eigenvalue weighted by Gasteiger charge is -2.31. The molecule has 2 fully saturated rings. The van der Waals surface area contributed by atoms with Crippen LogP contribution >= 0.6 is 0 Å². The van der Waals surface area contributed by atoms with Crippen molar-refractivity contribution in [2.24, 2.45) is 5.92 Å². The number of nitrogens with one attached hydrogen (secondary N) is 2. The predicted molar refractivity (Wildman–Crippen MR) is 92.1 cm³/mol. The van der Waals surface area contributed by atoms with Gasteiger partial charge in [0.25, 0.3) is 0 Å². The Morgan fingerprint density at radius 2 is 1.96 bits per heavy atom. The van der Waals surface area contributed by atoms with Crippen molar-refractivity contribution >= 4 is 11.8 Å². The zero-order chi connectivity index (χ0) is 16.7. The van der Waals surface area contributed by atoms with Crippen LogP contribution in [0.5, 0.6) is 0 Å². The normalized spacial score (nSPS) is 23.5. The Labute approximate surface area is 140 Å². The Morgan fingerprint density at radius 3 is 2.57 bits per heavy atom. The minimum atomic E-state index is -0.418.